The van der Waals surface area contributed by atoms with Crippen LogP contribution in [0.4, 0.5) is 26.3 Å². The minimum atomic E-state index is -4.83. The molecule has 0 aliphatic carbocycles. The molecule has 0 saturated heterocycles. The fourth-order valence-electron chi connectivity index (χ4n) is 1.82. The molecule has 0 heterocycles. The highest BCUT2D eigenvalue weighted by Crippen LogP contribution is 2.36. The van der Waals surface area contributed by atoms with E-state index in [4.69, 9.17) is 8.85 Å². The van der Waals surface area contributed by atoms with E-state index in [9.17, 15) is 26.3 Å². The van der Waals surface area contributed by atoms with Crippen LogP contribution in [0.5, 0.6) is 0 Å². The Kier molecular flexibility index (Phi) is 5.69. The van der Waals surface area contributed by atoms with Gasteiger partial charge in [-0.05, 0) is 42.8 Å². The van der Waals surface area contributed by atoms with Gasteiger partial charge in [0.2, 0.25) is 0 Å². The average molecular weight is 346 g/mol. The van der Waals surface area contributed by atoms with Crippen LogP contribution >= 0.6 is 0 Å². The van der Waals surface area contributed by atoms with Crippen molar-refractivity contribution in [2.75, 3.05) is 14.2 Å². The van der Waals surface area contributed by atoms with Crippen molar-refractivity contribution < 1.29 is 35.2 Å². The van der Waals surface area contributed by atoms with Gasteiger partial charge in [-0.3, -0.25) is 0 Å². The van der Waals surface area contributed by atoms with Gasteiger partial charge in [0.25, 0.3) is 0 Å². The third kappa shape index (κ3) is 4.99. The third-order valence-electron chi connectivity index (χ3n) is 3.38. The standard InChI is InChI=1S/C13H16F6O2Si/c1-20-22(3,21-2)5-4-9-6-10(12(14,15)16)8-11(7-9)13(17,18)19/h6-8H,4-5H2,1-3H3. The molecule has 126 valence electrons. The molecule has 0 radical (unpaired) electrons. The summed E-state index contributed by atoms with van der Waals surface area (Å²) in [5.41, 5.74) is -2.67. The van der Waals surface area contributed by atoms with Gasteiger partial charge in [0.15, 0.2) is 0 Å². The number of hydrogen-bond donors (Lipinski definition) is 0. The van der Waals surface area contributed by atoms with Crippen LogP contribution in [0.25, 0.3) is 0 Å². The number of alkyl halides is 6. The second-order valence-electron chi connectivity index (χ2n) is 4.96. The van der Waals surface area contributed by atoms with Crippen LogP contribution in [0, 0.1) is 0 Å². The van der Waals surface area contributed by atoms with Gasteiger partial charge in [0.05, 0.1) is 11.1 Å². The van der Waals surface area contributed by atoms with Gasteiger partial charge in [-0.15, -0.1) is 0 Å². The molecule has 1 aromatic rings. The summed E-state index contributed by atoms with van der Waals surface area (Å²) in [6, 6.07) is 1.83. The number of aryl methyl sites for hydroxylation is 1. The van der Waals surface area contributed by atoms with E-state index in [1.165, 1.54) is 14.2 Å². The zero-order valence-electron chi connectivity index (χ0n) is 12.2. The molecule has 0 N–H and O–H groups in total. The summed E-state index contributed by atoms with van der Waals surface area (Å²) in [6.45, 7) is 1.69. The van der Waals surface area contributed by atoms with Gasteiger partial charge in [-0.1, -0.05) is 0 Å². The van der Waals surface area contributed by atoms with Crippen LogP contribution in [0.3, 0.4) is 0 Å². The smallest absolute Gasteiger partial charge is 0.398 e. The fraction of sp³-hybridized carbons (Fsp3) is 0.538. The Balaban J connectivity index is 3.14. The van der Waals surface area contributed by atoms with E-state index < -0.39 is 32.0 Å². The fourth-order valence-corrected chi connectivity index (χ4v) is 3.14. The Bertz CT molecular complexity index is 476. The molecule has 9 heteroatoms. The SMILES string of the molecule is CO[Si](C)(CCc1cc(C(F)(F)F)cc(C(F)(F)F)c1)OC. The molecule has 0 aromatic heterocycles. The van der Waals surface area contributed by atoms with Crippen molar-refractivity contribution >= 4 is 8.56 Å². The molecule has 0 aliphatic heterocycles. The van der Waals surface area contributed by atoms with Crippen molar-refractivity contribution in [1.82, 2.24) is 0 Å². The minimum absolute atomic E-state index is 0.0113. The Labute approximate surface area is 125 Å². The first-order valence-electron chi connectivity index (χ1n) is 6.30. The van der Waals surface area contributed by atoms with Crippen molar-refractivity contribution in [3.05, 3.63) is 34.9 Å². The van der Waals surface area contributed by atoms with Crippen LogP contribution in [0.2, 0.25) is 12.6 Å². The highest BCUT2D eigenvalue weighted by atomic mass is 28.4. The van der Waals surface area contributed by atoms with Crippen molar-refractivity contribution in [1.29, 1.82) is 0 Å². The number of halogens is 6. The van der Waals surface area contributed by atoms with Crippen LogP contribution in [0.15, 0.2) is 18.2 Å². The summed E-state index contributed by atoms with van der Waals surface area (Å²) in [5.74, 6) is 0. The van der Waals surface area contributed by atoms with Crippen LogP contribution in [0.1, 0.15) is 16.7 Å². The molecule has 0 unspecified atom stereocenters. The minimum Gasteiger partial charge on any atom is -0.398 e. The second kappa shape index (κ2) is 6.59. The first-order valence-corrected chi connectivity index (χ1v) is 8.82. The molecular weight excluding hydrogens is 330 g/mol. The lowest BCUT2D eigenvalue weighted by Crippen LogP contribution is -2.36. The van der Waals surface area contributed by atoms with Gasteiger partial charge < -0.3 is 8.85 Å². The van der Waals surface area contributed by atoms with E-state index >= 15 is 0 Å². The molecule has 0 amide bonds. The Hall–Kier alpha value is -1.06. The van der Waals surface area contributed by atoms with E-state index in [1.807, 2.05) is 0 Å². The number of rotatable bonds is 5. The normalized spacial score (nSPS) is 13.5. The largest absolute Gasteiger partial charge is 0.416 e. The summed E-state index contributed by atoms with van der Waals surface area (Å²) >= 11 is 0. The molecule has 0 bridgehead atoms. The Morgan fingerprint density at radius 1 is 0.864 bits per heavy atom. The predicted molar refractivity (Wildman–Crippen MR) is 70.6 cm³/mol. The molecule has 1 rings (SSSR count). The predicted octanol–water partition coefficient (Wildman–Crippen LogP) is 4.63. The van der Waals surface area contributed by atoms with Crippen molar-refractivity contribution in [3.8, 4) is 0 Å². The van der Waals surface area contributed by atoms with Crippen LogP contribution < -0.4 is 0 Å². The van der Waals surface area contributed by atoms with Crippen molar-refractivity contribution in [3.63, 3.8) is 0 Å². The lowest BCUT2D eigenvalue weighted by atomic mass is 10.0. The molecule has 0 saturated carbocycles. The number of benzene rings is 1. The monoisotopic (exact) mass is 346 g/mol. The third-order valence-corrected chi connectivity index (χ3v) is 6.26. The molecule has 0 spiro atoms. The Morgan fingerprint density at radius 2 is 1.27 bits per heavy atom. The highest BCUT2D eigenvalue weighted by molar-refractivity contribution is 6.65. The average Bonchev–Trinajstić information content (AvgIpc) is 2.42. The highest BCUT2D eigenvalue weighted by Gasteiger charge is 2.37. The topological polar surface area (TPSA) is 18.5 Å². The van der Waals surface area contributed by atoms with Gasteiger partial charge in [0, 0.05) is 14.2 Å². The maximum atomic E-state index is 12.7. The van der Waals surface area contributed by atoms with Gasteiger partial charge in [-0.25, -0.2) is 0 Å². The molecule has 0 fully saturated rings. The summed E-state index contributed by atoms with van der Waals surface area (Å²) < 4.78 is 86.8. The summed E-state index contributed by atoms with van der Waals surface area (Å²) in [6.07, 6.45) is -9.66. The molecule has 0 aliphatic rings. The molecular formula is C13H16F6O2Si. The summed E-state index contributed by atoms with van der Waals surface area (Å²) in [4.78, 5) is 0. The van der Waals surface area contributed by atoms with Gasteiger partial charge in [-0.2, -0.15) is 26.3 Å². The maximum Gasteiger partial charge on any atom is 0.416 e. The molecule has 1 aromatic carbocycles. The van der Waals surface area contributed by atoms with Crippen molar-refractivity contribution in [2.24, 2.45) is 0 Å². The van der Waals surface area contributed by atoms with E-state index in [0.717, 1.165) is 12.1 Å². The second-order valence-corrected chi connectivity index (χ2v) is 8.54. The summed E-state index contributed by atoms with van der Waals surface area (Å²) in [7, 11) is 0.242. The zero-order valence-corrected chi connectivity index (χ0v) is 13.2. The van der Waals surface area contributed by atoms with Gasteiger partial charge in [0.1, 0.15) is 0 Å². The lowest BCUT2D eigenvalue weighted by molar-refractivity contribution is -0.143. The van der Waals surface area contributed by atoms with Crippen molar-refractivity contribution in [2.45, 2.75) is 31.4 Å². The summed E-state index contributed by atoms with van der Waals surface area (Å²) in [5, 5.41) is 0. The molecule has 0 atom stereocenters. The van der Waals surface area contributed by atoms with E-state index in [1.54, 1.807) is 6.55 Å². The zero-order chi connectivity index (χ0) is 17.2. The van der Waals surface area contributed by atoms with Crippen LogP contribution in [-0.2, 0) is 27.6 Å². The Morgan fingerprint density at radius 3 is 1.59 bits per heavy atom. The van der Waals surface area contributed by atoms with E-state index in [0.29, 0.717) is 0 Å². The quantitative estimate of drug-likeness (QED) is 0.572. The van der Waals surface area contributed by atoms with E-state index in [-0.39, 0.29) is 24.1 Å². The first-order chi connectivity index (χ1) is 9.91. The first kappa shape index (κ1) is 19.0. The molecule has 22 heavy (non-hydrogen) atoms. The van der Waals surface area contributed by atoms with Gasteiger partial charge >= 0.3 is 20.9 Å². The lowest BCUT2D eigenvalue weighted by Gasteiger charge is -2.23. The van der Waals surface area contributed by atoms with Crippen LogP contribution in [-0.4, -0.2) is 22.8 Å². The number of hydrogen-bond acceptors (Lipinski definition) is 2. The van der Waals surface area contributed by atoms with E-state index in [2.05, 4.69) is 0 Å². The molecule has 2 nitrogen and oxygen atoms in total. The maximum absolute atomic E-state index is 12.7.